The Morgan fingerprint density at radius 3 is 2.49 bits per heavy atom. The van der Waals surface area contributed by atoms with Crippen LogP contribution in [0.1, 0.15) is 34.6 Å². The minimum absolute atomic E-state index is 0.0193. The first-order valence-electron chi connectivity index (χ1n) is 13.0. The Bertz CT molecular complexity index is 1420. The maximum Gasteiger partial charge on any atom is 0.231 e. The lowest BCUT2D eigenvalue weighted by Crippen LogP contribution is -2.48. The molecule has 2 aliphatic heterocycles. The average Bonchev–Trinajstić information content (AvgIpc) is 3.52. The molecule has 0 radical (unpaired) electrons. The van der Waals surface area contributed by atoms with Gasteiger partial charge in [-0.05, 0) is 41.8 Å². The van der Waals surface area contributed by atoms with Gasteiger partial charge in [-0.1, -0.05) is 54.1 Å². The predicted octanol–water partition coefficient (Wildman–Crippen LogP) is 5.08. The lowest BCUT2D eigenvalue weighted by atomic mass is 9.87. The molecule has 3 aromatic carbocycles. The van der Waals surface area contributed by atoms with E-state index in [0.717, 1.165) is 44.2 Å². The predicted molar refractivity (Wildman–Crippen MR) is 145 cm³/mol. The van der Waals surface area contributed by atoms with Crippen LogP contribution in [0.2, 0.25) is 0 Å². The quantitative estimate of drug-likeness (QED) is 0.374. The highest BCUT2D eigenvalue weighted by molar-refractivity contribution is 5.86. The number of rotatable bonds is 6. The summed E-state index contributed by atoms with van der Waals surface area (Å²) in [7, 11) is 2.08. The van der Waals surface area contributed by atoms with Crippen molar-refractivity contribution in [1.82, 2.24) is 14.4 Å². The summed E-state index contributed by atoms with van der Waals surface area (Å²) in [5.74, 6) is 1.88. The maximum atomic E-state index is 13.6. The molecule has 1 fully saturated rings. The number of para-hydroxylation sites is 1. The molecular formula is C31H33N3O3. The molecule has 0 saturated carbocycles. The minimum atomic E-state index is 0.0193. The molecule has 3 heterocycles. The van der Waals surface area contributed by atoms with E-state index in [1.54, 1.807) is 0 Å². The molecule has 37 heavy (non-hydrogen) atoms. The third-order valence-corrected chi connectivity index (χ3v) is 7.73. The third kappa shape index (κ3) is 4.81. The zero-order valence-corrected chi connectivity index (χ0v) is 21.5. The molecule has 4 aromatic rings. The van der Waals surface area contributed by atoms with Gasteiger partial charge in [0.05, 0.1) is 0 Å². The molecule has 1 aromatic heterocycles. The zero-order valence-electron chi connectivity index (χ0n) is 21.5. The summed E-state index contributed by atoms with van der Waals surface area (Å²) in [6, 6.07) is 23.3. The second-order valence-corrected chi connectivity index (χ2v) is 10.2. The largest absolute Gasteiger partial charge is 0.454 e. The van der Waals surface area contributed by atoms with Crippen molar-refractivity contribution in [3.63, 3.8) is 0 Å². The molecule has 1 amide bonds. The van der Waals surface area contributed by atoms with Crippen LogP contribution in [0.4, 0.5) is 0 Å². The van der Waals surface area contributed by atoms with E-state index in [9.17, 15) is 4.79 Å². The molecule has 1 atom stereocenters. The van der Waals surface area contributed by atoms with E-state index in [2.05, 4.69) is 90.3 Å². The molecule has 6 nitrogen and oxygen atoms in total. The Morgan fingerprint density at radius 1 is 0.919 bits per heavy atom. The molecule has 0 aliphatic carbocycles. The van der Waals surface area contributed by atoms with Gasteiger partial charge in [0, 0.05) is 69.2 Å². The number of aromatic nitrogens is 1. The Balaban J connectivity index is 1.16. The summed E-state index contributed by atoms with van der Waals surface area (Å²) in [5, 5.41) is 1.22. The van der Waals surface area contributed by atoms with Crippen LogP contribution in [0.5, 0.6) is 11.5 Å². The minimum Gasteiger partial charge on any atom is -0.454 e. The summed E-state index contributed by atoms with van der Waals surface area (Å²) in [6.07, 6.45) is 2.67. The number of carbonyl (C=O) groups is 1. The third-order valence-electron chi connectivity index (χ3n) is 7.73. The van der Waals surface area contributed by atoms with E-state index in [4.69, 9.17) is 9.47 Å². The fraction of sp³-hybridized carbons (Fsp3) is 0.323. The van der Waals surface area contributed by atoms with Crippen LogP contribution in [0.25, 0.3) is 10.9 Å². The summed E-state index contributed by atoms with van der Waals surface area (Å²) in [5.41, 5.74) is 6.04. The summed E-state index contributed by atoms with van der Waals surface area (Å²) in [6.45, 7) is 6.47. The number of ether oxygens (including phenoxy) is 2. The second kappa shape index (κ2) is 9.94. The summed E-state index contributed by atoms with van der Waals surface area (Å²) >= 11 is 0. The van der Waals surface area contributed by atoms with Gasteiger partial charge in [0.25, 0.3) is 0 Å². The van der Waals surface area contributed by atoms with Gasteiger partial charge in [-0.2, -0.15) is 0 Å². The van der Waals surface area contributed by atoms with Gasteiger partial charge in [0.15, 0.2) is 11.5 Å². The first-order valence-corrected chi connectivity index (χ1v) is 13.0. The number of piperazine rings is 1. The van der Waals surface area contributed by atoms with Crippen molar-refractivity contribution >= 4 is 16.8 Å². The maximum absolute atomic E-state index is 13.6. The molecule has 190 valence electrons. The van der Waals surface area contributed by atoms with Crippen molar-refractivity contribution < 1.29 is 14.3 Å². The number of fused-ring (bicyclic) bond motifs is 2. The fourth-order valence-electron chi connectivity index (χ4n) is 5.61. The van der Waals surface area contributed by atoms with Crippen LogP contribution in [0.3, 0.4) is 0 Å². The first kappa shape index (κ1) is 23.6. The van der Waals surface area contributed by atoms with Gasteiger partial charge in [-0.25, -0.2) is 0 Å². The molecule has 0 bridgehead atoms. The van der Waals surface area contributed by atoms with Crippen LogP contribution in [-0.2, 0) is 18.4 Å². The highest BCUT2D eigenvalue weighted by Gasteiger charge is 2.27. The lowest BCUT2D eigenvalue weighted by molar-refractivity contribution is -0.133. The van der Waals surface area contributed by atoms with Crippen molar-refractivity contribution in [2.24, 2.45) is 7.05 Å². The van der Waals surface area contributed by atoms with E-state index in [-0.39, 0.29) is 11.8 Å². The number of amides is 1. The van der Waals surface area contributed by atoms with E-state index >= 15 is 0 Å². The van der Waals surface area contributed by atoms with Crippen LogP contribution < -0.4 is 9.47 Å². The average molecular weight is 496 g/mol. The Kier molecular flexibility index (Phi) is 6.35. The molecule has 6 rings (SSSR count). The molecule has 2 aliphatic rings. The molecule has 6 heteroatoms. The molecule has 1 saturated heterocycles. The summed E-state index contributed by atoms with van der Waals surface area (Å²) < 4.78 is 13.1. The number of hydrogen-bond acceptors (Lipinski definition) is 4. The van der Waals surface area contributed by atoms with Crippen molar-refractivity contribution in [2.45, 2.75) is 25.8 Å². The molecule has 0 spiro atoms. The van der Waals surface area contributed by atoms with Crippen molar-refractivity contribution in [3.05, 3.63) is 95.2 Å². The van der Waals surface area contributed by atoms with Crippen molar-refractivity contribution in [3.8, 4) is 11.5 Å². The van der Waals surface area contributed by atoms with E-state index in [1.165, 1.54) is 33.2 Å². The Labute approximate surface area is 218 Å². The van der Waals surface area contributed by atoms with Gasteiger partial charge in [0.1, 0.15) is 0 Å². The Morgan fingerprint density at radius 2 is 1.68 bits per heavy atom. The van der Waals surface area contributed by atoms with E-state index < -0.39 is 0 Å². The van der Waals surface area contributed by atoms with Crippen molar-refractivity contribution in [2.75, 3.05) is 33.0 Å². The standard InChI is InChI=1S/C31H33N3O3/c1-22-7-10-24(11-8-22)26(27-20-32(2)28-6-4-3-5-25(27)28)18-31(35)34-15-13-33(14-16-34)19-23-9-12-29-30(17-23)37-21-36-29/h3-12,17,20,26H,13-16,18-19,21H2,1-2H3/t26-/m0/s1. The number of carbonyl (C=O) groups excluding carboxylic acids is 1. The van der Waals surface area contributed by atoms with E-state index in [1.807, 2.05) is 11.0 Å². The second-order valence-electron chi connectivity index (χ2n) is 10.2. The van der Waals surface area contributed by atoms with Gasteiger partial charge in [0.2, 0.25) is 12.7 Å². The monoisotopic (exact) mass is 495 g/mol. The highest BCUT2D eigenvalue weighted by Crippen LogP contribution is 2.36. The van der Waals surface area contributed by atoms with Crippen molar-refractivity contribution in [1.29, 1.82) is 0 Å². The topological polar surface area (TPSA) is 46.9 Å². The van der Waals surface area contributed by atoms with Crippen LogP contribution in [0.15, 0.2) is 72.9 Å². The highest BCUT2D eigenvalue weighted by atomic mass is 16.7. The number of nitrogens with zero attached hydrogens (tertiary/aromatic N) is 3. The van der Waals surface area contributed by atoms with Crippen LogP contribution >= 0.6 is 0 Å². The number of hydrogen-bond donors (Lipinski definition) is 0. The SMILES string of the molecule is Cc1ccc([C@H](CC(=O)N2CCN(Cc3ccc4c(c3)OCO4)CC2)c2cn(C)c3ccccc23)cc1. The zero-order chi connectivity index (χ0) is 25.4. The van der Waals surface area contributed by atoms with Gasteiger partial charge in [-0.3, -0.25) is 9.69 Å². The van der Waals surface area contributed by atoms with E-state index in [0.29, 0.717) is 13.2 Å². The van der Waals surface area contributed by atoms with Crippen LogP contribution in [0, 0.1) is 6.92 Å². The normalized spacial score (nSPS) is 16.3. The smallest absolute Gasteiger partial charge is 0.231 e. The Hall–Kier alpha value is -3.77. The molecular weight excluding hydrogens is 462 g/mol. The first-order chi connectivity index (χ1) is 18.0. The lowest BCUT2D eigenvalue weighted by Gasteiger charge is -2.35. The molecule has 0 N–H and O–H groups in total. The number of aryl methyl sites for hydroxylation is 2. The number of benzene rings is 3. The summed E-state index contributed by atoms with van der Waals surface area (Å²) in [4.78, 5) is 18.1. The van der Waals surface area contributed by atoms with Gasteiger partial charge >= 0.3 is 0 Å². The van der Waals surface area contributed by atoms with Gasteiger partial charge < -0.3 is 18.9 Å². The molecule has 0 unspecified atom stereocenters. The fourth-order valence-corrected chi connectivity index (χ4v) is 5.61. The van der Waals surface area contributed by atoms with Crippen LogP contribution in [-0.4, -0.2) is 53.2 Å². The van der Waals surface area contributed by atoms with Gasteiger partial charge in [-0.15, -0.1) is 0 Å².